The van der Waals surface area contributed by atoms with Gasteiger partial charge in [0.05, 0.1) is 25.2 Å². The van der Waals surface area contributed by atoms with Gasteiger partial charge in [0.2, 0.25) is 12.5 Å². The Morgan fingerprint density at radius 2 is 2.29 bits per heavy atom. The van der Waals surface area contributed by atoms with Crippen molar-refractivity contribution in [2.45, 2.75) is 19.4 Å². The van der Waals surface area contributed by atoms with E-state index in [1.165, 1.54) is 24.0 Å². The lowest BCUT2D eigenvalue weighted by Gasteiger charge is -2.14. The first kappa shape index (κ1) is 19.6. The van der Waals surface area contributed by atoms with E-state index < -0.39 is 22.9 Å². The van der Waals surface area contributed by atoms with Crippen molar-refractivity contribution < 1.29 is 23.6 Å². The summed E-state index contributed by atoms with van der Waals surface area (Å²) in [5, 5.41) is 21.5. The highest BCUT2D eigenvalue weighted by molar-refractivity contribution is 7.14. The van der Waals surface area contributed by atoms with E-state index in [0.29, 0.717) is 15.7 Å². The highest BCUT2D eigenvalue weighted by Gasteiger charge is 2.32. The number of hydrogen-bond acceptors (Lipinski definition) is 8. The molecule has 0 bridgehead atoms. The molecule has 1 N–H and O–H groups in total. The Labute approximate surface area is 162 Å². The van der Waals surface area contributed by atoms with Crippen molar-refractivity contribution in [2.75, 3.05) is 24.5 Å². The molecule has 1 aliphatic heterocycles. The van der Waals surface area contributed by atoms with Crippen LogP contribution in [0.4, 0.5) is 14.9 Å². The van der Waals surface area contributed by atoms with E-state index in [0.717, 1.165) is 11.3 Å². The van der Waals surface area contributed by atoms with Gasteiger partial charge < -0.3 is 10.1 Å². The minimum atomic E-state index is -0.625. The van der Waals surface area contributed by atoms with Gasteiger partial charge in [-0.05, 0) is 18.2 Å². The van der Waals surface area contributed by atoms with Crippen molar-refractivity contribution in [1.29, 1.82) is 0 Å². The molecule has 148 valence electrons. The summed E-state index contributed by atoms with van der Waals surface area (Å²) in [7, 11) is 0. The lowest BCUT2D eigenvalue weighted by Crippen LogP contribution is -2.33. The van der Waals surface area contributed by atoms with E-state index in [1.54, 1.807) is 6.07 Å². The summed E-state index contributed by atoms with van der Waals surface area (Å²) < 4.78 is 19.7. The second-order valence-electron chi connectivity index (χ2n) is 6.02. The topological polar surface area (TPSA) is 128 Å². The molecule has 0 aliphatic carbocycles. The summed E-state index contributed by atoms with van der Waals surface area (Å²) in [6.07, 6.45) is -1.02. The Kier molecular flexibility index (Phi) is 5.78. The van der Waals surface area contributed by atoms with E-state index in [4.69, 9.17) is 4.74 Å². The van der Waals surface area contributed by atoms with Crippen LogP contribution in [0, 0.1) is 15.9 Å². The highest BCUT2D eigenvalue weighted by Crippen LogP contribution is 2.30. The van der Waals surface area contributed by atoms with Crippen LogP contribution in [0.1, 0.15) is 11.9 Å². The van der Waals surface area contributed by atoms with Gasteiger partial charge in [0.25, 0.3) is 0 Å². The molecule has 2 heterocycles. The number of nitrogens with one attached hydrogen (secondary N) is 1. The molecule has 1 saturated heterocycles. The molecular weight excluding hydrogens is 393 g/mol. The predicted molar refractivity (Wildman–Crippen MR) is 97.2 cm³/mol. The maximum atomic E-state index is 14.6. The Bertz CT molecular complexity index is 921. The number of carbonyl (C=O) groups is 2. The van der Waals surface area contributed by atoms with Crippen molar-refractivity contribution in [2.24, 2.45) is 0 Å². The van der Waals surface area contributed by atoms with E-state index >= 15 is 0 Å². The van der Waals surface area contributed by atoms with E-state index in [1.807, 2.05) is 0 Å². The molecule has 2 amide bonds. The van der Waals surface area contributed by atoms with Crippen molar-refractivity contribution >= 4 is 29.0 Å². The summed E-state index contributed by atoms with van der Waals surface area (Å²) in [6, 6.07) is 4.21. The number of amides is 2. The lowest BCUT2D eigenvalue weighted by molar-refractivity contribution is -0.479. The number of nitro groups is 1. The molecule has 1 aromatic carbocycles. The lowest BCUT2D eigenvalue weighted by atomic mass is 10.2. The average molecular weight is 409 g/mol. The normalized spacial score (nSPS) is 16.1. The van der Waals surface area contributed by atoms with E-state index in [9.17, 15) is 24.1 Å². The standard InChI is InChI=1S/C16H16FN5O5S/c1-9(23)18-7-11-8-21(16(24)27-11)10-2-3-12(13(17)6-10)15-20-19-14(28-15)4-5-22(25)26/h2-3,6,11H,4-5,7-8H2,1H3,(H,18,23)/t11-/m0/s1. The van der Waals surface area contributed by atoms with Gasteiger partial charge in [-0.2, -0.15) is 0 Å². The number of cyclic esters (lactones) is 1. The summed E-state index contributed by atoms with van der Waals surface area (Å²) in [5.41, 5.74) is 0.505. The quantitative estimate of drug-likeness (QED) is 0.544. The third-order valence-electron chi connectivity index (χ3n) is 3.92. The third-order valence-corrected chi connectivity index (χ3v) is 4.94. The third kappa shape index (κ3) is 4.57. The summed E-state index contributed by atoms with van der Waals surface area (Å²) >= 11 is 1.08. The number of ether oxygens (including phenoxy) is 1. The maximum absolute atomic E-state index is 14.6. The Balaban J connectivity index is 1.71. The van der Waals surface area contributed by atoms with Crippen LogP contribution in [0.2, 0.25) is 0 Å². The zero-order valence-electron chi connectivity index (χ0n) is 14.8. The van der Waals surface area contributed by atoms with Crippen LogP contribution in [-0.4, -0.2) is 52.9 Å². The number of nitrogens with zero attached hydrogens (tertiary/aromatic N) is 4. The second-order valence-corrected chi connectivity index (χ2v) is 7.09. The molecule has 0 spiro atoms. The fourth-order valence-corrected chi connectivity index (χ4v) is 3.45. The molecule has 1 aliphatic rings. The maximum Gasteiger partial charge on any atom is 0.414 e. The highest BCUT2D eigenvalue weighted by atomic mass is 32.1. The molecule has 3 rings (SSSR count). The van der Waals surface area contributed by atoms with Crippen molar-refractivity contribution in [1.82, 2.24) is 15.5 Å². The van der Waals surface area contributed by atoms with Gasteiger partial charge >= 0.3 is 6.09 Å². The number of aromatic nitrogens is 2. The zero-order chi connectivity index (χ0) is 20.3. The first-order chi connectivity index (χ1) is 13.3. The van der Waals surface area contributed by atoms with E-state index in [-0.39, 0.29) is 37.5 Å². The van der Waals surface area contributed by atoms with Gasteiger partial charge in [0, 0.05) is 17.4 Å². The fraction of sp³-hybridized carbons (Fsp3) is 0.375. The molecule has 28 heavy (non-hydrogen) atoms. The van der Waals surface area contributed by atoms with Gasteiger partial charge in [-0.3, -0.25) is 19.8 Å². The fourth-order valence-electron chi connectivity index (χ4n) is 2.59. The van der Waals surface area contributed by atoms with Crippen molar-refractivity contribution in [3.05, 3.63) is 39.1 Å². The van der Waals surface area contributed by atoms with Crippen LogP contribution in [-0.2, 0) is 16.0 Å². The molecule has 0 unspecified atom stereocenters. The largest absolute Gasteiger partial charge is 0.442 e. The molecular formula is C16H16FN5O5S. The summed E-state index contributed by atoms with van der Waals surface area (Å²) in [4.78, 5) is 34.2. The SMILES string of the molecule is CC(=O)NC[C@H]1CN(c2ccc(-c3nnc(CC[N+](=O)[O-])s3)c(F)c2)C(=O)O1. The number of rotatable bonds is 7. The number of anilines is 1. The monoisotopic (exact) mass is 409 g/mol. The molecule has 0 radical (unpaired) electrons. The second kappa shape index (κ2) is 8.25. The first-order valence-corrected chi connectivity index (χ1v) is 9.12. The van der Waals surface area contributed by atoms with Gasteiger partial charge in [-0.1, -0.05) is 11.3 Å². The first-order valence-electron chi connectivity index (χ1n) is 8.30. The van der Waals surface area contributed by atoms with Gasteiger partial charge in [-0.15, -0.1) is 10.2 Å². The van der Waals surface area contributed by atoms with Crippen LogP contribution < -0.4 is 10.2 Å². The average Bonchev–Trinajstić information content (AvgIpc) is 3.24. The van der Waals surface area contributed by atoms with Crippen LogP contribution in [0.5, 0.6) is 0 Å². The molecule has 1 fully saturated rings. The van der Waals surface area contributed by atoms with E-state index in [2.05, 4.69) is 15.5 Å². The summed E-state index contributed by atoms with van der Waals surface area (Å²) in [6.45, 7) is 1.45. The molecule has 1 aromatic heterocycles. The Morgan fingerprint density at radius 3 is 2.96 bits per heavy atom. The van der Waals surface area contributed by atoms with Crippen LogP contribution >= 0.6 is 11.3 Å². The number of halogens is 1. The number of benzene rings is 1. The summed E-state index contributed by atoms with van der Waals surface area (Å²) in [5.74, 6) is -0.841. The minimum absolute atomic E-state index is 0.125. The molecule has 2 aromatic rings. The van der Waals surface area contributed by atoms with Crippen LogP contribution in [0.3, 0.4) is 0 Å². The van der Waals surface area contributed by atoms with Gasteiger partial charge in [-0.25, -0.2) is 9.18 Å². The van der Waals surface area contributed by atoms with Gasteiger partial charge in [0.15, 0.2) is 5.01 Å². The molecule has 12 heteroatoms. The number of hydrogen-bond donors (Lipinski definition) is 1. The molecule has 10 nitrogen and oxygen atoms in total. The van der Waals surface area contributed by atoms with Crippen molar-refractivity contribution in [3.63, 3.8) is 0 Å². The van der Waals surface area contributed by atoms with Gasteiger partial charge in [0.1, 0.15) is 16.9 Å². The smallest absolute Gasteiger partial charge is 0.414 e. The predicted octanol–water partition coefficient (Wildman–Crippen LogP) is 1.62. The minimum Gasteiger partial charge on any atom is -0.442 e. The molecule has 0 saturated carbocycles. The number of carbonyl (C=O) groups excluding carboxylic acids is 2. The molecule has 1 atom stereocenters. The van der Waals surface area contributed by atoms with Crippen LogP contribution in [0.25, 0.3) is 10.6 Å². The zero-order valence-corrected chi connectivity index (χ0v) is 15.6. The van der Waals surface area contributed by atoms with Crippen LogP contribution in [0.15, 0.2) is 18.2 Å². The van der Waals surface area contributed by atoms with Crippen molar-refractivity contribution in [3.8, 4) is 10.6 Å². The Hall–Kier alpha value is -3.15. The Morgan fingerprint density at radius 1 is 1.50 bits per heavy atom.